The molecule has 2 aromatic carbocycles. The number of aromatic amines is 1. The fraction of sp³-hybridized carbons (Fsp3) is 0.0625. The third-order valence-corrected chi connectivity index (χ3v) is 3.92. The molecule has 0 spiro atoms. The highest BCUT2D eigenvalue weighted by molar-refractivity contribution is 8.13. The molecule has 19 heavy (non-hydrogen) atoms. The Hall–Kier alpha value is -2.00. The van der Waals surface area contributed by atoms with Crippen molar-refractivity contribution in [2.24, 2.45) is 0 Å². The van der Waals surface area contributed by atoms with Crippen molar-refractivity contribution in [3.63, 3.8) is 0 Å². The lowest BCUT2D eigenvalue weighted by molar-refractivity contribution is 0.108. The number of hydrogen-bond donors (Lipinski definition) is 1. The van der Waals surface area contributed by atoms with Crippen LogP contribution in [0.2, 0.25) is 0 Å². The number of H-pyrrole nitrogens is 1. The second-order valence-corrected chi connectivity index (χ2v) is 5.28. The zero-order chi connectivity index (χ0) is 13.1. The number of nitrogens with one attached hydrogen (secondary N) is 1. The van der Waals surface area contributed by atoms with Crippen LogP contribution in [0.1, 0.15) is 16.1 Å². The van der Waals surface area contributed by atoms with Crippen LogP contribution in [0.15, 0.2) is 60.7 Å². The number of fused-ring (bicyclic) bond motifs is 1. The van der Waals surface area contributed by atoms with E-state index in [0.29, 0.717) is 11.4 Å². The van der Waals surface area contributed by atoms with Gasteiger partial charge >= 0.3 is 0 Å². The Bertz CT molecular complexity index is 670. The van der Waals surface area contributed by atoms with E-state index in [1.807, 2.05) is 60.7 Å². The summed E-state index contributed by atoms with van der Waals surface area (Å²) in [5.41, 5.74) is 2.84. The first-order valence-corrected chi connectivity index (χ1v) is 7.10. The van der Waals surface area contributed by atoms with Gasteiger partial charge in [-0.15, -0.1) is 0 Å². The molecule has 0 aliphatic carbocycles. The molecule has 0 fully saturated rings. The van der Waals surface area contributed by atoms with Crippen LogP contribution in [-0.2, 0) is 5.75 Å². The van der Waals surface area contributed by atoms with Gasteiger partial charge in [0.2, 0.25) is 5.12 Å². The van der Waals surface area contributed by atoms with Gasteiger partial charge in [0.25, 0.3) is 0 Å². The van der Waals surface area contributed by atoms with E-state index >= 15 is 0 Å². The molecule has 3 aromatic rings. The zero-order valence-corrected chi connectivity index (χ0v) is 11.1. The number of benzene rings is 2. The molecule has 1 aromatic heterocycles. The second kappa shape index (κ2) is 5.33. The summed E-state index contributed by atoms with van der Waals surface area (Å²) in [5.74, 6) is 0.703. The third-order valence-electron chi connectivity index (χ3n) is 2.96. The summed E-state index contributed by atoms with van der Waals surface area (Å²) in [6.45, 7) is 0. The smallest absolute Gasteiger partial charge is 0.235 e. The van der Waals surface area contributed by atoms with E-state index in [2.05, 4.69) is 4.98 Å². The van der Waals surface area contributed by atoms with Crippen molar-refractivity contribution in [1.29, 1.82) is 0 Å². The maximum atomic E-state index is 12.1. The van der Waals surface area contributed by atoms with Crippen LogP contribution >= 0.6 is 11.8 Å². The predicted molar refractivity (Wildman–Crippen MR) is 80.4 cm³/mol. The summed E-state index contributed by atoms with van der Waals surface area (Å²) < 4.78 is 0. The van der Waals surface area contributed by atoms with Gasteiger partial charge in [0.1, 0.15) is 0 Å². The molecule has 0 saturated carbocycles. The Labute approximate surface area is 115 Å². The number of carbonyl (C=O) groups is 1. The van der Waals surface area contributed by atoms with E-state index in [9.17, 15) is 4.79 Å². The Morgan fingerprint density at radius 3 is 2.53 bits per heavy atom. The van der Waals surface area contributed by atoms with Gasteiger partial charge in [-0.3, -0.25) is 4.79 Å². The predicted octanol–water partition coefficient (Wildman–Crippen LogP) is 4.24. The van der Waals surface area contributed by atoms with E-state index < -0.39 is 0 Å². The maximum absolute atomic E-state index is 12.1. The van der Waals surface area contributed by atoms with Gasteiger partial charge in [-0.1, -0.05) is 60.3 Å². The molecule has 0 aliphatic rings. The van der Waals surface area contributed by atoms with Crippen LogP contribution in [0.25, 0.3) is 10.9 Å². The van der Waals surface area contributed by atoms with Crippen molar-refractivity contribution in [2.75, 3.05) is 0 Å². The molecule has 0 radical (unpaired) electrons. The highest BCUT2D eigenvalue weighted by Crippen LogP contribution is 2.21. The lowest BCUT2D eigenvalue weighted by Gasteiger charge is -1.99. The third kappa shape index (κ3) is 2.71. The van der Waals surface area contributed by atoms with E-state index in [0.717, 1.165) is 16.5 Å². The molecular formula is C16H13NOS. The summed E-state index contributed by atoms with van der Waals surface area (Å²) in [6.07, 6.45) is 0. The first-order chi connectivity index (χ1) is 9.33. The minimum atomic E-state index is 0.0834. The van der Waals surface area contributed by atoms with Crippen molar-refractivity contribution in [2.45, 2.75) is 5.75 Å². The summed E-state index contributed by atoms with van der Waals surface area (Å²) in [4.78, 5) is 15.3. The molecule has 3 heteroatoms. The maximum Gasteiger partial charge on any atom is 0.235 e. The lowest BCUT2D eigenvalue weighted by Crippen LogP contribution is -1.94. The van der Waals surface area contributed by atoms with Crippen molar-refractivity contribution in [3.05, 3.63) is 71.9 Å². The average Bonchev–Trinajstić information content (AvgIpc) is 2.90. The zero-order valence-electron chi connectivity index (χ0n) is 10.3. The van der Waals surface area contributed by atoms with Gasteiger partial charge in [0.15, 0.2) is 0 Å². The molecule has 0 bridgehead atoms. The lowest BCUT2D eigenvalue weighted by atomic mass is 10.2. The van der Waals surface area contributed by atoms with Gasteiger partial charge in [-0.25, -0.2) is 0 Å². The van der Waals surface area contributed by atoms with Crippen molar-refractivity contribution < 1.29 is 4.79 Å². The molecule has 3 rings (SSSR count). The van der Waals surface area contributed by atoms with Crippen LogP contribution < -0.4 is 0 Å². The number of hydrogen-bond acceptors (Lipinski definition) is 2. The number of para-hydroxylation sites is 1. The molecule has 0 aliphatic heterocycles. The second-order valence-electron chi connectivity index (χ2n) is 4.33. The minimum Gasteiger partial charge on any atom is -0.351 e. The fourth-order valence-corrected chi connectivity index (χ4v) is 2.74. The molecule has 1 heterocycles. The van der Waals surface area contributed by atoms with E-state index in [-0.39, 0.29) is 5.12 Å². The van der Waals surface area contributed by atoms with Crippen LogP contribution in [0.5, 0.6) is 0 Å². The van der Waals surface area contributed by atoms with Crippen LogP contribution in [0, 0.1) is 0 Å². The van der Waals surface area contributed by atoms with E-state index in [1.165, 1.54) is 11.8 Å². The summed E-state index contributed by atoms with van der Waals surface area (Å²) >= 11 is 1.33. The molecule has 0 saturated heterocycles. The van der Waals surface area contributed by atoms with E-state index in [4.69, 9.17) is 0 Å². The molecule has 94 valence electrons. The summed E-state index contributed by atoms with van der Waals surface area (Å²) in [6, 6.07) is 19.9. The standard InChI is InChI=1S/C16H13NOS/c18-16(19-11-12-6-2-1-3-7-12)15-10-13-8-4-5-9-14(13)17-15/h1-10,17H,11H2. The quantitative estimate of drug-likeness (QED) is 0.769. The highest BCUT2D eigenvalue weighted by atomic mass is 32.2. The van der Waals surface area contributed by atoms with Crippen LogP contribution in [0.3, 0.4) is 0 Å². The minimum absolute atomic E-state index is 0.0834. The number of carbonyl (C=O) groups excluding carboxylic acids is 1. The van der Waals surface area contributed by atoms with Gasteiger partial charge in [0.05, 0.1) is 5.69 Å². The number of thioether (sulfide) groups is 1. The van der Waals surface area contributed by atoms with Crippen LogP contribution in [0.4, 0.5) is 0 Å². The number of rotatable bonds is 3. The van der Waals surface area contributed by atoms with Crippen LogP contribution in [-0.4, -0.2) is 10.1 Å². The molecule has 2 nitrogen and oxygen atoms in total. The topological polar surface area (TPSA) is 32.9 Å². The fourth-order valence-electron chi connectivity index (χ4n) is 1.98. The monoisotopic (exact) mass is 267 g/mol. The Kier molecular flexibility index (Phi) is 3.38. The molecule has 0 amide bonds. The molecular weight excluding hydrogens is 254 g/mol. The van der Waals surface area contributed by atoms with Crippen molar-refractivity contribution >= 4 is 27.8 Å². The van der Waals surface area contributed by atoms with Gasteiger partial charge in [-0.2, -0.15) is 0 Å². The van der Waals surface area contributed by atoms with Gasteiger partial charge in [0, 0.05) is 16.7 Å². The Morgan fingerprint density at radius 1 is 1.00 bits per heavy atom. The summed E-state index contributed by atoms with van der Waals surface area (Å²) in [7, 11) is 0. The van der Waals surface area contributed by atoms with Crippen molar-refractivity contribution in [1.82, 2.24) is 4.98 Å². The summed E-state index contributed by atoms with van der Waals surface area (Å²) in [5, 5.41) is 1.16. The molecule has 0 unspecified atom stereocenters. The van der Waals surface area contributed by atoms with Gasteiger partial charge < -0.3 is 4.98 Å². The number of aromatic nitrogens is 1. The Morgan fingerprint density at radius 2 is 1.74 bits per heavy atom. The van der Waals surface area contributed by atoms with E-state index in [1.54, 1.807) is 0 Å². The normalized spacial score (nSPS) is 10.7. The largest absolute Gasteiger partial charge is 0.351 e. The van der Waals surface area contributed by atoms with Gasteiger partial charge in [-0.05, 0) is 17.7 Å². The molecule has 1 N–H and O–H groups in total. The molecule has 0 atom stereocenters. The highest BCUT2D eigenvalue weighted by Gasteiger charge is 2.10. The SMILES string of the molecule is O=C(SCc1ccccc1)c1cc2ccccc2[nH]1. The Balaban J connectivity index is 1.73. The first-order valence-electron chi connectivity index (χ1n) is 6.12. The first kappa shape index (κ1) is 12.1. The average molecular weight is 267 g/mol. The van der Waals surface area contributed by atoms with Crippen molar-refractivity contribution in [3.8, 4) is 0 Å².